The lowest BCUT2D eigenvalue weighted by molar-refractivity contribution is 0.0940. The summed E-state index contributed by atoms with van der Waals surface area (Å²) < 4.78 is 25.5. The lowest BCUT2D eigenvalue weighted by atomic mass is 10.1. The summed E-state index contributed by atoms with van der Waals surface area (Å²) in [4.78, 5) is 20.2. The van der Waals surface area contributed by atoms with E-state index in [4.69, 9.17) is 4.98 Å². The second kappa shape index (κ2) is 8.55. The fraction of sp³-hybridized carbons (Fsp3) is 0.304. The van der Waals surface area contributed by atoms with E-state index >= 15 is 0 Å². The van der Waals surface area contributed by atoms with E-state index in [-0.39, 0.29) is 11.9 Å². The lowest BCUT2D eigenvalue weighted by Crippen LogP contribution is -2.30. The molecule has 7 nitrogen and oxygen atoms in total. The van der Waals surface area contributed by atoms with Gasteiger partial charge >= 0.3 is 0 Å². The van der Waals surface area contributed by atoms with Crippen LogP contribution in [0.3, 0.4) is 0 Å². The van der Waals surface area contributed by atoms with Gasteiger partial charge < -0.3 is 10.2 Å². The number of nitrogens with zero attached hydrogens (tertiary/aromatic N) is 2. The van der Waals surface area contributed by atoms with Gasteiger partial charge in [-0.15, -0.1) is 0 Å². The third-order valence-electron chi connectivity index (χ3n) is 5.39. The molecule has 4 rings (SSSR count). The molecule has 0 radical (unpaired) electrons. The Labute approximate surface area is 182 Å². The Morgan fingerprint density at radius 1 is 1.06 bits per heavy atom. The van der Waals surface area contributed by atoms with Gasteiger partial charge in [0.1, 0.15) is 5.82 Å². The van der Waals surface area contributed by atoms with Gasteiger partial charge in [0.25, 0.3) is 5.91 Å². The molecule has 2 heterocycles. The van der Waals surface area contributed by atoms with Crippen molar-refractivity contribution in [3.63, 3.8) is 0 Å². The van der Waals surface area contributed by atoms with Crippen molar-refractivity contribution in [1.29, 1.82) is 0 Å². The number of sulfonamides is 1. The molecule has 0 aliphatic carbocycles. The van der Waals surface area contributed by atoms with E-state index < -0.39 is 10.0 Å². The molecule has 1 amide bonds. The summed E-state index contributed by atoms with van der Waals surface area (Å²) in [7, 11) is -3.37. The zero-order valence-corrected chi connectivity index (χ0v) is 18.4. The molecule has 8 heteroatoms. The van der Waals surface area contributed by atoms with E-state index in [2.05, 4.69) is 14.9 Å². The maximum absolute atomic E-state index is 13.3. The molecule has 1 saturated heterocycles. The molecule has 1 fully saturated rings. The molecule has 3 aromatic rings. The highest BCUT2D eigenvalue weighted by Gasteiger charge is 2.23. The van der Waals surface area contributed by atoms with E-state index in [0.29, 0.717) is 17.1 Å². The second-order valence-electron chi connectivity index (χ2n) is 7.94. The van der Waals surface area contributed by atoms with Gasteiger partial charge in [0.2, 0.25) is 10.0 Å². The number of para-hydroxylation sites is 1. The van der Waals surface area contributed by atoms with Crippen LogP contribution < -0.4 is 14.9 Å². The normalized spacial score (nSPS) is 15.1. The molecule has 1 unspecified atom stereocenters. The number of carbonyl (C=O) groups is 1. The number of anilines is 2. The van der Waals surface area contributed by atoms with Crippen molar-refractivity contribution in [2.75, 3.05) is 29.0 Å². The van der Waals surface area contributed by atoms with Gasteiger partial charge in [-0.1, -0.05) is 30.3 Å². The number of pyridine rings is 1. The maximum atomic E-state index is 13.3. The number of amides is 1. The third-order valence-corrected chi connectivity index (χ3v) is 6.00. The topological polar surface area (TPSA) is 91.4 Å². The Bertz CT molecular complexity index is 1220. The molecule has 0 saturated carbocycles. The lowest BCUT2D eigenvalue weighted by Gasteiger charge is -2.22. The summed E-state index contributed by atoms with van der Waals surface area (Å²) >= 11 is 0. The predicted octanol–water partition coefficient (Wildman–Crippen LogP) is 3.70. The van der Waals surface area contributed by atoms with E-state index in [1.54, 1.807) is 18.2 Å². The standard InChI is InChI=1S/C23H26N4O3S/c1-16(17-9-7-10-19(14-17)26-31(2,29)30)24-23(28)20-15-18-8-3-4-11-21(18)25-22(20)27-12-5-6-13-27/h3-4,7-11,14-16,26H,5-6,12-13H2,1-2H3,(H,24,28). The average Bonchev–Trinajstić information content (AvgIpc) is 3.26. The summed E-state index contributed by atoms with van der Waals surface area (Å²) in [6.07, 6.45) is 3.29. The van der Waals surface area contributed by atoms with Crippen LogP contribution in [0, 0.1) is 0 Å². The first-order valence-electron chi connectivity index (χ1n) is 10.3. The minimum atomic E-state index is -3.37. The number of aromatic nitrogens is 1. The van der Waals surface area contributed by atoms with Crippen molar-refractivity contribution in [3.05, 3.63) is 65.7 Å². The van der Waals surface area contributed by atoms with Gasteiger partial charge in [-0.2, -0.15) is 0 Å². The van der Waals surface area contributed by atoms with Crippen molar-refractivity contribution in [2.24, 2.45) is 0 Å². The Hall–Kier alpha value is -3.13. The van der Waals surface area contributed by atoms with Gasteiger partial charge in [-0.25, -0.2) is 13.4 Å². The highest BCUT2D eigenvalue weighted by molar-refractivity contribution is 7.92. The van der Waals surface area contributed by atoms with Gasteiger partial charge in [-0.05, 0) is 49.6 Å². The molecule has 31 heavy (non-hydrogen) atoms. The molecular formula is C23H26N4O3S. The molecule has 1 aliphatic rings. The van der Waals surface area contributed by atoms with Gasteiger partial charge in [-0.3, -0.25) is 9.52 Å². The molecule has 162 valence electrons. The van der Waals surface area contributed by atoms with E-state index in [1.165, 1.54) is 0 Å². The fourth-order valence-electron chi connectivity index (χ4n) is 3.89. The summed E-state index contributed by atoms with van der Waals surface area (Å²) in [5, 5.41) is 3.97. The highest BCUT2D eigenvalue weighted by Crippen LogP contribution is 2.27. The van der Waals surface area contributed by atoms with Crippen LogP contribution in [-0.4, -0.2) is 38.7 Å². The number of nitrogens with one attached hydrogen (secondary N) is 2. The van der Waals surface area contributed by atoms with Crippen LogP contribution in [0.1, 0.15) is 41.7 Å². The average molecular weight is 439 g/mol. The minimum absolute atomic E-state index is 0.200. The van der Waals surface area contributed by atoms with Crippen molar-refractivity contribution in [2.45, 2.75) is 25.8 Å². The smallest absolute Gasteiger partial charge is 0.255 e. The SMILES string of the molecule is CC(NC(=O)c1cc2ccccc2nc1N1CCCC1)c1cccc(NS(C)(=O)=O)c1. The molecule has 0 bridgehead atoms. The summed E-state index contributed by atoms with van der Waals surface area (Å²) in [6.45, 7) is 3.65. The molecule has 2 aromatic carbocycles. The fourth-order valence-corrected chi connectivity index (χ4v) is 4.44. The monoisotopic (exact) mass is 438 g/mol. The van der Waals surface area contributed by atoms with Crippen LogP contribution in [0.15, 0.2) is 54.6 Å². The number of hydrogen-bond donors (Lipinski definition) is 2. The van der Waals surface area contributed by atoms with Gasteiger partial charge in [0.05, 0.1) is 23.4 Å². The Morgan fingerprint density at radius 3 is 2.55 bits per heavy atom. The summed E-state index contributed by atoms with van der Waals surface area (Å²) in [6, 6.07) is 16.4. The van der Waals surface area contributed by atoms with Crippen molar-refractivity contribution >= 4 is 38.3 Å². The van der Waals surface area contributed by atoms with Crippen molar-refractivity contribution in [1.82, 2.24) is 10.3 Å². The zero-order chi connectivity index (χ0) is 22.0. The predicted molar refractivity (Wildman–Crippen MR) is 124 cm³/mol. The van der Waals surface area contributed by atoms with Crippen LogP contribution >= 0.6 is 0 Å². The Kier molecular flexibility index (Phi) is 5.82. The molecular weight excluding hydrogens is 412 g/mol. The van der Waals surface area contributed by atoms with Crippen LogP contribution in [0.2, 0.25) is 0 Å². The van der Waals surface area contributed by atoms with E-state index in [9.17, 15) is 13.2 Å². The van der Waals surface area contributed by atoms with E-state index in [1.807, 2.05) is 43.3 Å². The summed E-state index contributed by atoms with van der Waals surface area (Å²) in [5.41, 5.74) is 2.69. The van der Waals surface area contributed by atoms with Crippen LogP contribution in [-0.2, 0) is 10.0 Å². The Morgan fingerprint density at radius 2 is 1.81 bits per heavy atom. The van der Waals surface area contributed by atoms with Gasteiger partial charge in [0, 0.05) is 24.2 Å². The molecule has 1 atom stereocenters. The molecule has 0 spiro atoms. The molecule has 1 aromatic heterocycles. The van der Waals surface area contributed by atoms with Crippen LogP contribution in [0.5, 0.6) is 0 Å². The number of carbonyl (C=O) groups excluding carboxylic acids is 1. The first-order chi connectivity index (χ1) is 14.8. The van der Waals surface area contributed by atoms with Crippen molar-refractivity contribution in [3.8, 4) is 0 Å². The largest absolute Gasteiger partial charge is 0.356 e. The third kappa shape index (κ3) is 4.96. The highest BCUT2D eigenvalue weighted by atomic mass is 32.2. The first-order valence-corrected chi connectivity index (χ1v) is 12.2. The van der Waals surface area contributed by atoms with Crippen LogP contribution in [0.4, 0.5) is 11.5 Å². The number of benzene rings is 2. The Balaban J connectivity index is 1.62. The molecule has 2 N–H and O–H groups in total. The molecule has 1 aliphatic heterocycles. The van der Waals surface area contributed by atoms with E-state index in [0.717, 1.165) is 48.7 Å². The minimum Gasteiger partial charge on any atom is -0.356 e. The van der Waals surface area contributed by atoms with Crippen molar-refractivity contribution < 1.29 is 13.2 Å². The number of rotatable bonds is 6. The summed E-state index contributed by atoms with van der Waals surface area (Å²) in [5.74, 6) is 0.516. The number of fused-ring (bicyclic) bond motifs is 1. The second-order valence-corrected chi connectivity index (χ2v) is 9.69. The number of hydrogen-bond acceptors (Lipinski definition) is 5. The first kappa shape index (κ1) is 21.1. The van der Waals surface area contributed by atoms with Gasteiger partial charge in [0.15, 0.2) is 0 Å². The van der Waals surface area contributed by atoms with Crippen LogP contribution in [0.25, 0.3) is 10.9 Å². The maximum Gasteiger partial charge on any atom is 0.255 e. The quantitative estimate of drug-likeness (QED) is 0.612. The zero-order valence-electron chi connectivity index (χ0n) is 17.6.